The molecule has 0 spiro atoms. The molecule has 0 unspecified atom stereocenters. The number of carboxylic acid groups (broad SMARTS) is 1. The van der Waals surface area contributed by atoms with Crippen molar-refractivity contribution in [3.63, 3.8) is 0 Å². The smallest absolute Gasteiger partial charge is 0.309 e. The van der Waals surface area contributed by atoms with E-state index in [1.54, 1.807) is 0 Å². The Labute approximate surface area is 60.2 Å². The van der Waals surface area contributed by atoms with Crippen molar-refractivity contribution in [3.05, 3.63) is 0 Å². The SMILES string of the molecule is O=C(O)[C@]12CCCC[C@H]1C2. The lowest BCUT2D eigenvalue weighted by molar-refractivity contribution is -0.144. The Kier molecular flexibility index (Phi) is 1.08. The van der Waals surface area contributed by atoms with Crippen LogP contribution in [0, 0.1) is 11.3 Å². The standard InChI is InChI=1S/C8H12O2/c9-7(10)8-4-2-1-3-6(8)5-8/h6H,1-5H2,(H,9,10)/t6-,8-/m0/s1. The molecule has 0 bridgehead atoms. The Bertz CT molecular complexity index is 176. The van der Waals surface area contributed by atoms with Crippen molar-refractivity contribution in [1.29, 1.82) is 0 Å². The predicted molar refractivity (Wildman–Crippen MR) is 36.6 cm³/mol. The molecule has 2 fully saturated rings. The maximum Gasteiger partial charge on any atom is 0.309 e. The number of hydrogen-bond donors (Lipinski definition) is 1. The van der Waals surface area contributed by atoms with Gasteiger partial charge in [-0.3, -0.25) is 4.79 Å². The highest BCUT2D eigenvalue weighted by Crippen LogP contribution is 2.61. The fourth-order valence-electron chi connectivity index (χ4n) is 2.27. The molecule has 2 heteroatoms. The van der Waals surface area contributed by atoms with Crippen LogP contribution in [0.2, 0.25) is 0 Å². The zero-order valence-electron chi connectivity index (χ0n) is 5.97. The van der Waals surface area contributed by atoms with Gasteiger partial charge in [-0.25, -0.2) is 0 Å². The van der Waals surface area contributed by atoms with Crippen LogP contribution in [0.4, 0.5) is 0 Å². The summed E-state index contributed by atoms with van der Waals surface area (Å²) in [7, 11) is 0. The monoisotopic (exact) mass is 140 g/mol. The van der Waals surface area contributed by atoms with Crippen molar-refractivity contribution < 1.29 is 9.90 Å². The van der Waals surface area contributed by atoms with E-state index in [-0.39, 0.29) is 5.41 Å². The van der Waals surface area contributed by atoms with Crippen molar-refractivity contribution in [1.82, 2.24) is 0 Å². The lowest BCUT2D eigenvalue weighted by atomic mass is 9.89. The highest BCUT2D eigenvalue weighted by atomic mass is 16.4. The third-order valence-corrected chi connectivity index (χ3v) is 3.08. The van der Waals surface area contributed by atoms with Crippen LogP contribution < -0.4 is 0 Å². The van der Waals surface area contributed by atoms with Crippen LogP contribution >= 0.6 is 0 Å². The summed E-state index contributed by atoms with van der Waals surface area (Å²) in [6, 6.07) is 0. The van der Waals surface area contributed by atoms with Gasteiger partial charge in [-0.2, -0.15) is 0 Å². The summed E-state index contributed by atoms with van der Waals surface area (Å²) in [5.41, 5.74) is -0.238. The molecule has 0 amide bonds. The van der Waals surface area contributed by atoms with Gasteiger partial charge >= 0.3 is 5.97 Å². The Morgan fingerprint density at radius 3 is 2.80 bits per heavy atom. The van der Waals surface area contributed by atoms with E-state index in [9.17, 15) is 4.79 Å². The van der Waals surface area contributed by atoms with E-state index in [2.05, 4.69) is 0 Å². The zero-order valence-corrected chi connectivity index (χ0v) is 5.97. The van der Waals surface area contributed by atoms with Gasteiger partial charge in [0.15, 0.2) is 0 Å². The van der Waals surface area contributed by atoms with E-state index in [1.165, 1.54) is 6.42 Å². The van der Waals surface area contributed by atoms with Crippen LogP contribution in [0.1, 0.15) is 32.1 Å². The molecular formula is C8H12O2. The molecule has 0 aliphatic heterocycles. The second kappa shape index (κ2) is 1.74. The van der Waals surface area contributed by atoms with Crippen LogP contribution in [0.15, 0.2) is 0 Å². The predicted octanol–water partition coefficient (Wildman–Crippen LogP) is 1.65. The molecule has 0 radical (unpaired) electrons. The van der Waals surface area contributed by atoms with Gasteiger partial charge in [0.05, 0.1) is 5.41 Å². The number of carboxylic acids is 1. The number of aliphatic carboxylic acids is 1. The number of rotatable bonds is 1. The van der Waals surface area contributed by atoms with Crippen LogP contribution in [0.25, 0.3) is 0 Å². The Morgan fingerprint density at radius 2 is 2.30 bits per heavy atom. The quantitative estimate of drug-likeness (QED) is 0.601. The minimum absolute atomic E-state index is 0.238. The van der Waals surface area contributed by atoms with E-state index < -0.39 is 5.97 Å². The molecular weight excluding hydrogens is 128 g/mol. The normalized spacial score (nSPS) is 44.2. The number of hydrogen-bond acceptors (Lipinski definition) is 1. The largest absolute Gasteiger partial charge is 0.481 e. The Morgan fingerprint density at radius 1 is 1.50 bits per heavy atom. The topological polar surface area (TPSA) is 37.3 Å². The summed E-state index contributed by atoms with van der Waals surface area (Å²) < 4.78 is 0. The minimum Gasteiger partial charge on any atom is -0.481 e. The average Bonchev–Trinajstić information content (AvgIpc) is 2.61. The average molecular weight is 140 g/mol. The van der Waals surface area contributed by atoms with Crippen LogP contribution in [0.3, 0.4) is 0 Å². The maximum atomic E-state index is 10.7. The number of fused-ring (bicyclic) bond motifs is 1. The molecule has 0 saturated heterocycles. The lowest BCUT2D eigenvalue weighted by Crippen LogP contribution is -2.20. The molecule has 2 rings (SSSR count). The molecule has 2 saturated carbocycles. The van der Waals surface area contributed by atoms with Crippen molar-refractivity contribution in [2.24, 2.45) is 11.3 Å². The van der Waals surface area contributed by atoms with Crippen molar-refractivity contribution >= 4 is 5.97 Å². The van der Waals surface area contributed by atoms with E-state index in [0.29, 0.717) is 5.92 Å². The molecule has 0 heterocycles. The molecule has 2 aliphatic rings. The van der Waals surface area contributed by atoms with Crippen LogP contribution in [0.5, 0.6) is 0 Å². The van der Waals surface area contributed by atoms with Gasteiger partial charge in [0.25, 0.3) is 0 Å². The summed E-state index contributed by atoms with van der Waals surface area (Å²) in [4.78, 5) is 10.7. The molecule has 2 nitrogen and oxygen atoms in total. The minimum atomic E-state index is -0.544. The molecule has 0 aromatic carbocycles. The highest BCUT2D eigenvalue weighted by molar-refractivity contribution is 5.78. The van der Waals surface area contributed by atoms with Crippen molar-refractivity contribution in [3.8, 4) is 0 Å². The Balaban J connectivity index is 2.12. The van der Waals surface area contributed by atoms with Gasteiger partial charge in [-0.05, 0) is 25.2 Å². The van der Waals surface area contributed by atoms with Crippen LogP contribution in [-0.4, -0.2) is 11.1 Å². The summed E-state index contributed by atoms with van der Waals surface area (Å²) in [5.74, 6) is -0.00375. The van der Waals surface area contributed by atoms with Crippen LogP contribution in [-0.2, 0) is 4.79 Å². The van der Waals surface area contributed by atoms with E-state index in [0.717, 1.165) is 25.7 Å². The third-order valence-electron chi connectivity index (χ3n) is 3.08. The lowest BCUT2D eigenvalue weighted by Gasteiger charge is -2.16. The maximum absolute atomic E-state index is 10.7. The zero-order chi connectivity index (χ0) is 7.19. The van der Waals surface area contributed by atoms with Gasteiger partial charge in [0.2, 0.25) is 0 Å². The first-order valence-electron chi connectivity index (χ1n) is 3.99. The first-order valence-corrected chi connectivity index (χ1v) is 3.99. The molecule has 0 aromatic rings. The first kappa shape index (κ1) is 6.20. The summed E-state index contributed by atoms with van der Waals surface area (Å²) in [5, 5.41) is 8.84. The van der Waals surface area contributed by atoms with Crippen molar-refractivity contribution in [2.45, 2.75) is 32.1 Å². The molecule has 2 aliphatic carbocycles. The van der Waals surface area contributed by atoms with E-state index in [1.807, 2.05) is 0 Å². The molecule has 2 atom stereocenters. The fourth-order valence-corrected chi connectivity index (χ4v) is 2.27. The molecule has 10 heavy (non-hydrogen) atoms. The van der Waals surface area contributed by atoms with Gasteiger partial charge in [-0.1, -0.05) is 12.8 Å². The summed E-state index contributed by atoms with van der Waals surface area (Å²) in [6.45, 7) is 0. The first-order chi connectivity index (χ1) is 4.76. The van der Waals surface area contributed by atoms with E-state index in [4.69, 9.17) is 5.11 Å². The summed E-state index contributed by atoms with van der Waals surface area (Å²) >= 11 is 0. The van der Waals surface area contributed by atoms with E-state index >= 15 is 0 Å². The fraction of sp³-hybridized carbons (Fsp3) is 0.875. The molecule has 0 aromatic heterocycles. The van der Waals surface area contributed by atoms with Gasteiger partial charge in [-0.15, -0.1) is 0 Å². The Hall–Kier alpha value is -0.530. The second-order valence-corrected chi connectivity index (χ2v) is 3.61. The van der Waals surface area contributed by atoms with Gasteiger partial charge in [0, 0.05) is 0 Å². The highest BCUT2D eigenvalue weighted by Gasteiger charge is 2.60. The van der Waals surface area contributed by atoms with Gasteiger partial charge in [0.1, 0.15) is 0 Å². The number of carbonyl (C=O) groups is 1. The third kappa shape index (κ3) is 0.619. The second-order valence-electron chi connectivity index (χ2n) is 3.61. The van der Waals surface area contributed by atoms with Gasteiger partial charge < -0.3 is 5.11 Å². The molecule has 1 N–H and O–H groups in total. The summed E-state index contributed by atoms with van der Waals surface area (Å²) in [6.07, 6.45) is 5.43. The molecule has 56 valence electrons. The van der Waals surface area contributed by atoms with Crippen molar-refractivity contribution in [2.75, 3.05) is 0 Å².